The van der Waals surface area contributed by atoms with Crippen molar-refractivity contribution in [3.8, 4) is 11.4 Å². The van der Waals surface area contributed by atoms with Crippen LogP contribution in [0.25, 0.3) is 16.6 Å². The minimum Gasteiger partial charge on any atom is -0.505 e. The van der Waals surface area contributed by atoms with Crippen molar-refractivity contribution in [2.75, 3.05) is 37.3 Å². The molecule has 1 aromatic heterocycles. The van der Waals surface area contributed by atoms with E-state index in [-0.39, 0.29) is 23.8 Å². The van der Waals surface area contributed by atoms with Gasteiger partial charge in [-0.25, -0.2) is 21.9 Å². The van der Waals surface area contributed by atoms with Gasteiger partial charge in [-0.05, 0) is 12.1 Å². The van der Waals surface area contributed by atoms with E-state index in [1.54, 1.807) is 11.0 Å². The highest BCUT2D eigenvalue weighted by molar-refractivity contribution is 7.88. The largest absolute Gasteiger partial charge is 0.505 e. The van der Waals surface area contributed by atoms with Gasteiger partial charge in [0.2, 0.25) is 10.0 Å². The number of nitrogens with zero attached hydrogens (tertiary/aromatic N) is 4. The van der Waals surface area contributed by atoms with Gasteiger partial charge in [0.05, 0.1) is 34.4 Å². The van der Waals surface area contributed by atoms with Gasteiger partial charge in [-0.1, -0.05) is 11.6 Å². The Balaban J connectivity index is 1.68. The molecule has 7 nitrogen and oxygen atoms in total. The molecule has 29 heavy (non-hydrogen) atoms. The molecule has 0 amide bonds. The smallest absolute Gasteiger partial charge is 0.211 e. The Morgan fingerprint density at radius 3 is 2.41 bits per heavy atom. The quantitative estimate of drug-likeness (QED) is 0.674. The van der Waals surface area contributed by atoms with Gasteiger partial charge in [0.15, 0.2) is 11.6 Å². The molecular formula is C18H17ClF2N4O3S. The van der Waals surface area contributed by atoms with Crippen LogP contribution >= 0.6 is 11.6 Å². The van der Waals surface area contributed by atoms with Crippen LogP contribution in [0.15, 0.2) is 30.5 Å². The number of rotatable bonds is 3. The number of hydrogen-bond acceptors (Lipinski definition) is 5. The number of anilines is 1. The van der Waals surface area contributed by atoms with Crippen LogP contribution in [-0.4, -0.2) is 60.0 Å². The predicted molar refractivity (Wildman–Crippen MR) is 106 cm³/mol. The SMILES string of the molecule is CS(=O)(=O)N1CCN(c2cc3cnn(-c4cc(O)c(F)c(Cl)c4)c3cc2F)CC1. The second kappa shape index (κ2) is 7.12. The van der Waals surface area contributed by atoms with E-state index in [1.807, 2.05) is 0 Å². The number of phenols is 1. The van der Waals surface area contributed by atoms with Crippen molar-refractivity contribution in [2.45, 2.75) is 0 Å². The maximum atomic E-state index is 14.9. The average Bonchev–Trinajstić information content (AvgIpc) is 3.07. The van der Waals surface area contributed by atoms with Crippen LogP contribution in [0.2, 0.25) is 5.02 Å². The fourth-order valence-electron chi connectivity index (χ4n) is 3.43. The van der Waals surface area contributed by atoms with E-state index in [1.165, 1.54) is 27.3 Å². The second-order valence-corrected chi connectivity index (χ2v) is 9.22. The van der Waals surface area contributed by atoms with E-state index >= 15 is 0 Å². The molecule has 0 radical (unpaired) electrons. The van der Waals surface area contributed by atoms with Crippen LogP contribution < -0.4 is 4.90 Å². The molecule has 3 aromatic rings. The number of aromatic hydroxyl groups is 1. The molecule has 1 aliphatic heterocycles. The molecule has 1 saturated heterocycles. The lowest BCUT2D eigenvalue weighted by Crippen LogP contribution is -2.48. The standard InChI is InChI=1S/C18H17ClF2N4O3S/c1-29(27,28)24-4-2-23(3-5-24)16-6-11-10-22-25(15(11)9-14(16)20)12-7-13(19)18(21)17(26)8-12/h6-10,26H,2-5H2,1H3. The molecule has 0 aliphatic carbocycles. The molecule has 0 atom stereocenters. The van der Waals surface area contributed by atoms with E-state index in [0.717, 1.165) is 12.3 Å². The summed E-state index contributed by atoms with van der Waals surface area (Å²) in [5.74, 6) is -2.06. The lowest BCUT2D eigenvalue weighted by atomic mass is 10.2. The van der Waals surface area contributed by atoms with Crippen LogP contribution in [0, 0.1) is 11.6 Å². The van der Waals surface area contributed by atoms with Crippen molar-refractivity contribution in [2.24, 2.45) is 0 Å². The third kappa shape index (κ3) is 3.63. The molecule has 2 heterocycles. The Morgan fingerprint density at radius 1 is 1.10 bits per heavy atom. The first kappa shape index (κ1) is 19.9. The minimum absolute atomic E-state index is 0.274. The summed E-state index contributed by atoms with van der Waals surface area (Å²) in [6, 6.07) is 5.38. The third-order valence-corrected chi connectivity index (χ3v) is 6.50. The number of halogens is 3. The summed E-state index contributed by atoms with van der Waals surface area (Å²) in [7, 11) is -3.27. The zero-order chi connectivity index (χ0) is 20.9. The Morgan fingerprint density at radius 2 is 1.79 bits per heavy atom. The summed E-state index contributed by atoms with van der Waals surface area (Å²) < 4.78 is 54.5. The van der Waals surface area contributed by atoms with Crippen LogP contribution in [0.1, 0.15) is 0 Å². The summed E-state index contributed by atoms with van der Waals surface area (Å²) in [5, 5.41) is 14.2. The van der Waals surface area contributed by atoms with Crippen molar-refractivity contribution in [3.05, 3.63) is 47.1 Å². The van der Waals surface area contributed by atoms with E-state index < -0.39 is 27.4 Å². The maximum absolute atomic E-state index is 14.9. The monoisotopic (exact) mass is 442 g/mol. The van der Waals surface area contributed by atoms with Gasteiger partial charge >= 0.3 is 0 Å². The number of phenolic OH excluding ortho intramolecular Hbond substituents is 1. The van der Waals surface area contributed by atoms with Crippen molar-refractivity contribution in [1.82, 2.24) is 14.1 Å². The Kier molecular flexibility index (Phi) is 4.88. The molecule has 0 unspecified atom stereocenters. The first-order valence-electron chi connectivity index (χ1n) is 8.71. The molecule has 0 saturated carbocycles. The first-order valence-corrected chi connectivity index (χ1v) is 10.9. The molecular weight excluding hydrogens is 426 g/mol. The molecule has 1 aliphatic rings. The molecule has 154 valence electrons. The fraction of sp³-hybridized carbons (Fsp3) is 0.278. The van der Waals surface area contributed by atoms with Gasteiger partial charge in [0, 0.05) is 43.7 Å². The fourth-order valence-corrected chi connectivity index (χ4v) is 4.46. The van der Waals surface area contributed by atoms with E-state index in [9.17, 15) is 22.3 Å². The lowest BCUT2D eigenvalue weighted by molar-refractivity contribution is 0.386. The normalized spacial score (nSPS) is 15.9. The average molecular weight is 443 g/mol. The highest BCUT2D eigenvalue weighted by Crippen LogP contribution is 2.31. The van der Waals surface area contributed by atoms with Crippen LogP contribution in [-0.2, 0) is 10.0 Å². The summed E-state index contributed by atoms with van der Waals surface area (Å²) in [5.41, 5.74) is 1.06. The maximum Gasteiger partial charge on any atom is 0.211 e. The number of benzene rings is 2. The number of sulfonamides is 1. The first-order chi connectivity index (χ1) is 13.6. The Hall–Kier alpha value is -2.43. The molecule has 0 bridgehead atoms. The topological polar surface area (TPSA) is 78.7 Å². The zero-order valence-corrected chi connectivity index (χ0v) is 16.9. The number of fused-ring (bicyclic) bond motifs is 1. The highest BCUT2D eigenvalue weighted by atomic mass is 35.5. The summed E-state index contributed by atoms with van der Waals surface area (Å²) in [4.78, 5) is 1.79. The van der Waals surface area contributed by atoms with Crippen molar-refractivity contribution in [3.63, 3.8) is 0 Å². The van der Waals surface area contributed by atoms with Crippen molar-refractivity contribution >= 4 is 38.2 Å². The Labute approximate surface area is 170 Å². The third-order valence-electron chi connectivity index (χ3n) is 4.92. The van der Waals surface area contributed by atoms with Gasteiger partial charge in [0.1, 0.15) is 5.82 Å². The number of piperazine rings is 1. The van der Waals surface area contributed by atoms with Gasteiger partial charge in [-0.3, -0.25) is 0 Å². The molecule has 1 N–H and O–H groups in total. The van der Waals surface area contributed by atoms with Crippen LogP contribution in [0.3, 0.4) is 0 Å². The summed E-state index contributed by atoms with van der Waals surface area (Å²) >= 11 is 5.79. The summed E-state index contributed by atoms with van der Waals surface area (Å²) in [6.45, 7) is 1.29. The van der Waals surface area contributed by atoms with E-state index in [0.29, 0.717) is 29.7 Å². The highest BCUT2D eigenvalue weighted by Gasteiger charge is 2.25. The van der Waals surface area contributed by atoms with Gasteiger partial charge in [0.25, 0.3) is 0 Å². The molecule has 11 heteroatoms. The van der Waals surface area contributed by atoms with Gasteiger partial charge in [-0.2, -0.15) is 9.40 Å². The van der Waals surface area contributed by atoms with Gasteiger partial charge in [-0.15, -0.1) is 0 Å². The molecule has 0 spiro atoms. The molecule has 4 rings (SSSR count). The van der Waals surface area contributed by atoms with Crippen molar-refractivity contribution < 1.29 is 22.3 Å². The zero-order valence-electron chi connectivity index (χ0n) is 15.3. The van der Waals surface area contributed by atoms with E-state index in [2.05, 4.69) is 5.10 Å². The van der Waals surface area contributed by atoms with Gasteiger partial charge < -0.3 is 10.0 Å². The van der Waals surface area contributed by atoms with Crippen LogP contribution in [0.4, 0.5) is 14.5 Å². The molecule has 1 fully saturated rings. The number of hydrogen-bond donors (Lipinski definition) is 1. The van der Waals surface area contributed by atoms with E-state index in [4.69, 9.17) is 11.6 Å². The predicted octanol–water partition coefficient (Wildman–Crippen LogP) is 2.74. The Bertz CT molecular complexity index is 1180. The second-order valence-electron chi connectivity index (χ2n) is 6.83. The summed E-state index contributed by atoms with van der Waals surface area (Å²) in [6.07, 6.45) is 2.68. The number of aromatic nitrogens is 2. The molecule has 2 aromatic carbocycles. The van der Waals surface area contributed by atoms with Crippen molar-refractivity contribution in [1.29, 1.82) is 0 Å². The van der Waals surface area contributed by atoms with Crippen LogP contribution in [0.5, 0.6) is 5.75 Å². The lowest BCUT2D eigenvalue weighted by Gasteiger charge is -2.34. The minimum atomic E-state index is -3.27.